The zero-order valence-electron chi connectivity index (χ0n) is 86.8. The quantitative estimate of drug-likeness (QED) is 0.0224. The Morgan fingerprint density at radius 3 is 0.807 bits per heavy atom. The topological polar surface area (TPSA) is 231 Å². The van der Waals surface area contributed by atoms with Crippen LogP contribution in [0.15, 0.2) is 323 Å². The SMILES string of the molecule is Clc1ccc(C(=C2CCN(CCCCCCc3cnc[nH]3)CC2)c2ccccn2)cc1.Clc1ccc(C(=C2CCN(CCCCCc3cnc[nH]3)CC2)c2ccccn2)cc1.Clc1ccc(C(=C2CCN(CCCCc3cnc[nH]3)CC2)c2ccccn2)cc1.Clc1ccc(C(CCN2CCN(CCCCc3cnc[nH]3)CC2)c2ccccn2)cc1.Clc1ccc(C(c2ccccn2)N2CCN(CCCCc3cnc[nH]3)CC2)cc1. The van der Waals surface area contributed by atoms with Gasteiger partial charge < -0.3 is 54.3 Å². The number of aromatic nitrogens is 15. The van der Waals surface area contributed by atoms with Crippen LogP contribution in [0.4, 0.5) is 0 Å². The van der Waals surface area contributed by atoms with E-state index in [1.807, 2.05) is 153 Å². The van der Waals surface area contributed by atoms with Gasteiger partial charge in [0.05, 0.1) is 60.5 Å². The van der Waals surface area contributed by atoms with Gasteiger partial charge in [-0.25, -0.2) is 24.9 Å². The van der Waals surface area contributed by atoms with E-state index in [4.69, 9.17) is 58.0 Å². The molecule has 5 fully saturated rings. The van der Waals surface area contributed by atoms with Crippen LogP contribution in [0.2, 0.25) is 25.1 Å². The molecule has 15 heterocycles. The third kappa shape index (κ3) is 36.3. The minimum Gasteiger partial charge on any atom is -0.348 e. The lowest BCUT2D eigenvalue weighted by Gasteiger charge is -2.39. The molecule has 0 saturated carbocycles. The molecule has 5 aliphatic heterocycles. The van der Waals surface area contributed by atoms with Crippen molar-refractivity contribution in [2.45, 2.75) is 172 Å². The summed E-state index contributed by atoms with van der Waals surface area (Å²) in [6.45, 7) is 22.7. The van der Waals surface area contributed by atoms with Crippen LogP contribution in [0.25, 0.3) is 16.7 Å². The van der Waals surface area contributed by atoms with E-state index in [1.165, 1.54) is 212 Å². The number of hydrogen-bond donors (Lipinski definition) is 5. The van der Waals surface area contributed by atoms with Gasteiger partial charge >= 0.3 is 0 Å². The number of piperidine rings is 3. The van der Waals surface area contributed by atoms with Gasteiger partial charge in [-0.15, -0.1) is 0 Å². The van der Waals surface area contributed by atoms with Gasteiger partial charge in [0.1, 0.15) is 0 Å². The smallest absolute Gasteiger partial charge is 0.0921 e. The first-order chi connectivity index (χ1) is 73.9. The molecule has 784 valence electrons. The van der Waals surface area contributed by atoms with E-state index in [2.05, 4.69) is 230 Å². The second kappa shape index (κ2) is 61.7. The zero-order chi connectivity index (χ0) is 103. The lowest BCUT2D eigenvalue weighted by atomic mass is 9.90. The monoisotopic (exact) mass is 2110 g/mol. The molecule has 15 aromatic rings. The number of nitrogens with one attached hydrogen (secondary N) is 5. The van der Waals surface area contributed by atoms with Crippen molar-refractivity contribution < 1.29 is 0 Å². The second-order valence-electron chi connectivity index (χ2n) is 39.8. The van der Waals surface area contributed by atoms with E-state index in [0.29, 0.717) is 5.92 Å². The van der Waals surface area contributed by atoms with Crippen molar-refractivity contribution in [2.75, 3.05) is 131 Å². The molecular weight excluding hydrogens is 1960 g/mol. The lowest BCUT2D eigenvalue weighted by Crippen LogP contribution is -2.48. The molecular formula is C123H147Cl5N22. The normalized spacial score (nSPS) is 15.5. The van der Waals surface area contributed by atoms with E-state index in [9.17, 15) is 0 Å². The number of H-pyrrole nitrogens is 5. The van der Waals surface area contributed by atoms with Gasteiger partial charge in [0.2, 0.25) is 0 Å². The number of imidazole rings is 5. The number of nitrogens with zero attached hydrogens (tertiary/aromatic N) is 17. The Morgan fingerprint density at radius 1 is 0.247 bits per heavy atom. The molecule has 150 heavy (non-hydrogen) atoms. The van der Waals surface area contributed by atoms with Crippen molar-refractivity contribution in [1.29, 1.82) is 0 Å². The molecule has 2 atom stereocenters. The third-order valence-electron chi connectivity index (χ3n) is 29.4. The lowest BCUT2D eigenvalue weighted by molar-refractivity contribution is 0.107. The Kier molecular flexibility index (Phi) is 45.6. The summed E-state index contributed by atoms with van der Waals surface area (Å²) in [6.07, 6.45) is 57.2. The van der Waals surface area contributed by atoms with E-state index in [1.54, 1.807) is 31.6 Å². The van der Waals surface area contributed by atoms with Crippen LogP contribution in [-0.2, 0) is 32.1 Å². The van der Waals surface area contributed by atoms with Crippen LogP contribution in [0.3, 0.4) is 0 Å². The number of halogens is 5. The van der Waals surface area contributed by atoms with E-state index >= 15 is 0 Å². The molecule has 0 amide bonds. The molecule has 27 heteroatoms. The number of hydrogen-bond acceptors (Lipinski definition) is 17. The average Bonchev–Trinajstić information content (AvgIpc) is 1.22. The van der Waals surface area contributed by atoms with E-state index in [-0.39, 0.29) is 6.04 Å². The van der Waals surface area contributed by atoms with Crippen molar-refractivity contribution in [1.82, 2.24) is 109 Å². The number of aromatic amines is 5. The van der Waals surface area contributed by atoms with Crippen molar-refractivity contribution in [3.05, 3.63) is 433 Å². The first kappa shape index (κ1) is 111. The third-order valence-corrected chi connectivity index (χ3v) is 30.7. The molecule has 0 radical (unpaired) electrons. The number of aryl methyl sites for hydroxylation is 5. The van der Waals surface area contributed by atoms with Gasteiger partial charge in [-0.2, -0.15) is 0 Å². The maximum absolute atomic E-state index is 6.13. The van der Waals surface area contributed by atoms with Crippen LogP contribution in [0.1, 0.15) is 225 Å². The van der Waals surface area contributed by atoms with Crippen LogP contribution in [0.5, 0.6) is 0 Å². The minimum absolute atomic E-state index is 0.177. The van der Waals surface area contributed by atoms with Crippen LogP contribution in [0, 0.1) is 0 Å². The maximum Gasteiger partial charge on any atom is 0.0921 e. The Balaban J connectivity index is 0.000000133. The number of pyridine rings is 5. The van der Waals surface area contributed by atoms with Gasteiger partial charge in [0.25, 0.3) is 0 Å². The van der Waals surface area contributed by atoms with Gasteiger partial charge in [-0.05, 0) is 330 Å². The van der Waals surface area contributed by atoms with Crippen molar-refractivity contribution in [3.8, 4) is 0 Å². The highest BCUT2D eigenvalue weighted by molar-refractivity contribution is 6.31. The average molecular weight is 2110 g/mol. The van der Waals surface area contributed by atoms with Crippen molar-refractivity contribution in [2.24, 2.45) is 0 Å². The molecule has 5 aliphatic rings. The van der Waals surface area contributed by atoms with Gasteiger partial charge in [0.15, 0.2) is 0 Å². The molecule has 22 nitrogen and oxygen atoms in total. The first-order valence-corrected chi connectivity index (χ1v) is 56.3. The molecule has 10 aromatic heterocycles. The largest absolute Gasteiger partial charge is 0.348 e. The van der Waals surface area contributed by atoms with Gasteiger partial charge in [-0.3, -0.25) is 29.8 Å². The number of rotatable bonds is 42. The molecule has 5 N–H and O–H groups in total. The van der Waals surface area contributed by atoms with Crippen LogP contribution in [-0.4, -0.2) is 240 Å². The van der Waals surface area contributed by atoms with Crippen LogP contribution >= 0.6 is 58.0 Å². The molecule has 0 aliphatic carbocycles. The van der Waals surface area contributed by atoms with Crippen molar-refractivity contribution >= 4 is 74.7 Å². The predicted molar refractivity (Wildman–Crippen MR) is 614 cm³/mol. The fourth-order valence-corrected chi connectivity index (χ4v) is 21.7. The number of likely N-dealkylation sites (tertiary alicyclic amines) is 3. The highest BCUT2D eigenvalue weighted by atomic mass is 35.5. The zero-order valence-corrected chi connectivity index (χ0v) is 90.6. The summed E-state index contributed by atoms with van der Waals surface area (Å²) < 4.78 is 0. The Bertz CT molecular complexity index is 6290. The summed E-state index contributed by atoms with van der Waals surface area (Å²) in [5.41, 5.74) is 26.1. The summed E-state index contributed by atoms with van der Waals surface area (Å²) in [5.74, 6) is 0.305. The predicted octanol–water partition coefficient (Wildman–Crippen LogP) is 26.1. The fourth-order valence-electron chi connectivity index (χ4n) is 21.1. The molecule has 20 rings (SSSR count). The maximum atomic E-state index is 6.13. The number of unbranched alkanes of at least 4 members (excludes halogenated alkanes) is 8. The summed E-state index contributed by atoms with van der Waals surface area (Å²) in [6, 6.07) is 72.0. The van der Waals surface area contributed by atoms with Gasteiger partial charge in [0, 0.05) is 236 Å². The molecule has 5 aromatic carbocycles. The first-order valence-electron chi connectivity index (χ1n) is 54.4. The standard InChI is InChI=1S/C26H31ClN4.C25H32ClN5.C25H29ClN4.C24H27ClN4.C23H28ClN5/c27-23-11-9-21(10-12-23)26(25-8-4-5-15-29-25)22-13-17-31(18-14-22)16-6-2-1-3-7-24-19-28-20-30-24;26-22-9-7-21(8-10-22)24(25-6-1-3-12-28-25)11-14-31-17-15-30(16-18-31)13-4-2-5-23-19-27-20-29-23;26-22-10-8-20(9-11-22)25(24-7-3-4-14-28-24)21-12-16-30(17-13-21)15-5-1-2-6-23-18-27-19-29-23;25-21-9-7-19(8-10-21)24(23-6-1-3-13-27-23)20-11-15-29(16-12-20)14-4-2-5-22-17-26-18-28-22;24-20-9-7-19(8-10-20)23(22-6-1-3-11-26-22)29-15-13-28(14-16-29)12-4-2-5-21-17-25-18-27-21/h4-5,8-12,15,19-20H,1-3,6-7,13-14,16-18H2,(H,28,30);1,3,6-10,12,19-20,24H,2,4-5,11,13-18H2,(H,27,29);3-4,7-11,14,18-19H,1-2,5-6,12-13,15-17H2,(H,27,29);1,3,6-10,13,17-18H,2,4-5,11-12,14-16H2,(H,26,28);1,3,6-11,17-18,23H,2,4-5,12-16H2,(H,25,27). The summed E-state index contributed by atoms with van der Waals surface area (Å²) in [4.78, 5) is 77.8. The number of piperazine rings is 2. The van der Waals surface area contributed by atoms with E-state index < -0.39 is 0 Å². The van der Waals surface area contributed by atoms with Gasteiger partial charge in [-0.1, -0.05) is 185 Å². The minimum atomic E-state index is 0.177. The summed E-state index contributed by atoms with van der Waals surface area (Å²) in [5, 5.41) is 3.86. The Morgan fingerprint density at radius 2 is 0.507 bits per heavy atom. The van der Waals surface area contributed by atoms with Crippen LogP contribution < -0.4 is 0 Å². The molecule has 0 spiro atoms. The highest BCUT2D eigenvalue weighted by Crippen LogP contribution is 2.38. The molecule has 5 saturated heterocycles. The van der Waals surface area contributed by atoms with Crippen molar-refractivity contribution in [3.63, 3.8) is 0 Å². The highest BCUT2D eigenvalue weighted by Gasteiger charge is 2.30. The Labute approximate surface area is 913 Å². The summed E-state index contributed by atoms with van der Waals surface area (Å²) >= 11 is 30.6. The molecule has 0 bridgehead atoms. The number of benzene rings is 5. The molecule has 2 unspecified atom stereocenters. The fraction of sp³-hybridized carbons (Fsp3) is 0.382. The Hall–Kier alpha value is -11.7. The second-order valence-corrected chi connectivity index (χ2v) is 42.0. The van der Waals surface area contributed by atoms with E-state index in [0.717, 1.165) is 222 Å². The summed E-state index contributed by atoms with van der Waals surface area (Å²) in [7, 11) is 0.